The molecular weight excluding hydrogens is 444 g/mol. The molecule has 1 atom stereocenters. The number of rotatable bonds is 5. The monoisotopic (exact) mass is 492 g/mol. The van der Waals surface area contributed by atoms with Crippen LogP contribution in [0.5, 0.6) is 0 Å². The second-order valence-electron chi connectivity index (χ2n) is 7.83. The predicted octanol–water partition coefficient (Wildman–Crippen LogP) is 8.04. The maximum atomic E-state index is 11.4. The molecule has 0 aromatic heterocycles. The van der Waals surface area contributed by atoms with E-state index in [4.69, 9.17) is 10.5 Å². The van der Waals surface area contributed by atoms with E-state index in [1.165, 1.54) is 27.8 Å². The SMILES string of the molecule is C=O.CC.CC.CCCNC(=O)c1ccc(C)cc1.Cc1ccc(N)c(C(C)c2ccccc2C)c1. The third kappa shape index (κ3) is 12.3. The maximum absolute atomic E-state index is 11.4. The van der Waals surface area contributed by atoms with Gasteiger partial charge in [-0.2, -0.15) is 0 Å². The predicted molar refractivity (Wildman–Crippen MR) is 158 cm³/mol. The maximum Gasteiger partial charge on any atom is 0.251 e. The summed E-state index contributed by atoms with van der Waals surface area (Å²) in [7, 11) is 0. The molecule has 0 saturated heterocycles. The van der Waals surface area contributed by atoms with Crippen LogP contribution in [0.3, 0.4) is 0 Å². The molecule has 0 saturated carbocycles. The van der Waals surface area contributed by atoms with Crippen molar-refractivity contribution in [1.82, 2.24) is 5.32 Å². The lowest BCUT2D eigenvalue weighted by Gasteiger charge is -2.17. The standard InChI is InChI=1S/C16H19N.C11H15NO.2C2H6.CH2O/c1-11-8-9-16(17)15(10-11)13(3)14-7-5-4-6-12(14)2;1-3-8-12-11(13)10-6-4-9(2)5-7-10;3*1-2/h4-10,13H,17H2,1-3H3;4-7H,3,8H2,1-2H3,(H,12,13);2*1-2H3;1H2. The van der Waals surface area contributed by atoms with Crippen molar-refractivity contribution in [2.24, 2.45) is 0 Å². The lowest BCUT2D eigenvalue weighted by atomic mass is 9.88. The number of carbonyl (C=O) groups is 2. The topological polar surface area (TPSA) is 72.2 Å². The molecule has 4 nitrogen and oxygen atoms in total. The fourth-order valence-corrected chi connectivity index (χ4v) is 3.35. The highest BCUT2D eigenvalue weighted by Gasteiger charge is 2.13. The first kappa shape index (κ1) is 34.8. The molecule has 1 amide bonds. The van der Waals surface area contributed by atoms with Crippen molar-refractivity contribution in [2.75, 3.05) is 12.3 Å². The molecule has 0 bridgehead atoms. The Morgan fingerprint density at radius 2 is 1.36 bits per heavy atom. The first-order chi connectivity index (χ1) is 17.3. The minimum Gasteiger partial charge on any atom is -0.398 e. The van der Waals surface area contributed by atoms with Crippen molar-refractivity contribution >= 4 is 18.4 Å². The summed E-state index contributed by atoms with van der Waals surface area (Å²) in [4.78, 5) is 19.4. The van der Waals surface area contributed by atoms with Gasteiger partial charge in [0.1, 0.15) is 6.79 Å². The van der Waals surface area contributed by atoms with Gasteiger partial charge in [-0.25, -0.2) is 0 Å². The van der Waals surface area contributed by atoms with E-state index in [9.17, 15) is 4.79 Å². The second-order valence-corrected chi connectivity index (χ2v) is 7.83. The van der Waals surface area contributed by atoms with E-state index in [2.05, 4.69) is 62.5 Å². The van der Waals surface area contributed by atoms with Crippen LogP contribution in [0.25, 0.3) is 0 Å². The summed E-state index contributed by atoms with van der Waals surface area (Å²) in [6.07, 6.45) is 0.970. The van der Waals surface area contributed by atoms with Crippen LogP contribution in [0.15, 0.2) is 66.7 Å². The number of nitrogens with two attached hydrogens (primary N) is 1. The quantitative estimate of drug-likeness (QED) is 0.354. The van der Waals surface area contributed by atoms with Crippen molar-refractivity contribution in [1.29, 1.82) is 0 Å². The first-order valence-corrected chi connectivity index (χ1v) is 12.9. The lowest BCUT2D eigenvalue weighted by molar-refractivity contribution is -0.0980. The van der Waals surface area contributed by atoms with Crippen LogP contribution in [0, 0.1) is 20.8 Å². The number of hydrogen-bond acceptors (Lipinski definition) is 3. The molecule has 0 spiro atoms. The van der Waals surface area contributed by atoms with Gasteiger partial charge in [0, 0.05) is 23.7 Å². The van der Waals surface area contributed by atoms with Crippen LogP contribution in [0.1, 0.15) is 92.1 Å². The van der Waals surface area contributed by atoms with E-state index in [1.807, 2.05) is 78.7 Å². The van der Waals surface area contributed by atoms with Gasteiger partial charge in [-0.05, 0) is 62.1 Å². The number of nitrogen functional groups attached to an aromatic ring is 1. The summed E-state index contributed by atoms with van der Waals surface area (Å²) in [5.41, 5.74) is 14.0. The van der Waals surface area contributed by atoms with E-state index in [-0.39, 0.29) is 5.91 Å². The van der Waals surface area contributed by atoms with Gasteiger partial charge in [0.2, 0.25) is 0 Å². The number of benzene rings is 3. The highest BCUT2D eigenvalue weighted by Crippen LogP contribution is 2.30. The van der Waals surface area contributed by atoms with Crippen LogP contribution < -0.4 is 11.1 Å². The van der Waals surface area contributed by atoms with E-state index in [1.54, 1.807) is 0 Å². The lowest BCUT2D eigenvalue weighted by Crippen LogP contribution is -2.23. The molecule has 0 aliphatic heterocycles. The Hall–Kier alpha value is -3.40. The third-order valence-corrected chi connectivity index (χ3v) is 5.21. The Morgan fingerprint density at radius 1 is 0.833 bits per heavy atom. The molecule has 3 N–H and O–H groups in total. The molecule has 0 heterocycles. The van der Waals surface area contributed by atoms with Gasteiger partial charge in [-0.1, -0.05) is 101 Å². The van der Waals surface area contributed by atoms with Gasteiger partial charge < -0.3 is 15.8 Å². The Morgan fingerprint density at radius 3 is 1.89 bits per heavy atom. The molecule has 3 aromatic rings. The van der Waals surface area contributed by atoms with Crippen LogP contribution in [0.2, 0.25) is 0 Å². The van der Waals surface area contributed by atoms with Crippen LogP contribution in [0.4, 0.5) is 5.69 Å². The molecule has 198 valence electrons. The Bertz CT molecular complexity index is 982. The van der Waals surface area contributed by atoms with E-state index < -0.39 is 0 Å². The molecule has 4 heteroatoms. The van der Waals surface area contributed by atoms with Crippen molar-refractivity contribution in [3.05, 3.63) is 100 Å². The number of aryl methyl sites for hydroxylation is 3. The summed E-state index contributed by atoms with van der Waals surface area (Å²) in [6.45, 7) is 21.3. The number of anilines is 1. The van der Waals surface area contributed by atoms with Crippen LogP contribution in [-0.4, -0.2) is 19.2 Å². The van der Waals surface area contributed by atoms with Gasteiger partial charge in [-0.3, -0.25) is 4.79 Å². The van der Waals surface area contributed by atoms with Crippen molar-refractivity contribution < 1.29 is 9.59 Å². The molecule has 0 fully saturated rings. The fourth-order valence-electron chi connectivity index (χ4n) is 3.35. The highest BCUT2D eigenvalue weighted by atomic mass is 16.1. The molecule has 3 aromatic carbocycles. The first-order valence-electron chi connectivity index (χ1n) is 12.9. The molecule has 0 aliphatic carbocycles. The zero-order valence-corrected chi connectivity index (χ0v) is 23.9. The molecule has 36 heavy (non-hydrogen) atoms. The molecule has 0 aliphatic rings. The minimum atomic E-state index is 0.0156. The van der Waals surface area contributed by atoms with Gasteiger partial charge in [0.25, 0.3) is 5.91 Å². The van der Waals surface area contributed by atoms with Crippen molar-refractivity contribution in [3.8, 4) is 0 Å². The molecule has 0 radical (unpaired) electrons. The number of nitrogens with one attached hydrogen (secondary N) is 1. The van der Waals surface area contributed by atoms with Crippen molar-refractivity contribution in [3.63, 3.8) is 0 Å². The Balaban J connectivity index is 0. The average molecular weight is 493 g/mol. The normalized spacial score (nSPS) is 9.81. The number of hydrogen-bond donors (Lipinski definition) is 2. The molecule has 1 unspecified atom stereocenters. The molecular formula is C32H48N2O2. The largest absolute Gasteiger partial charge is 0.398 e. The highest BCUT2D eigenvalue weighted by molar-refractivity contribution is 5.94. The summed E-state index contributed by atoms with van der Waals surface area (Å²) in [5.74, 6) is 0.359. The summed E-state index contributed by atoms with van der Waals surface area (Å²) in [6, 6.07) is 22.3. The van der Waals surface area contributed by atoms with Crippen LogP contribution in [-0.2, 0) is 4.79 Å². The molecule has 3 rings (SSSR count). The number of amides is 1. The number of carbonyl (C=O) groups excluding carboxylic acids is 2. The summed E-state index contributed by atoms with van der Waals surface area (Å²) < 4.78 is 0. The van der Waals surface area contributed by atoms with Gasteiger partial charge in [0.15, 0.2) is 0 Å². The van der Waals surface area contributed by atoms with Crippen molar-refractivity contribution in [2.45, 2.75) is 74.7 Å². The Kier molecular flexibility index (Phi) is 20.2. The van der Waals surface area contributed by atoms with Gasteiger partial charge >= 0.3 is 0 Å². The smallest absolute Gasteiger partial charge is 0.251 e. The zero-order chi connectivity index (χ0) is 28.1. The third-order valence-electron chi connectivity index (χ3n) is 5.21. The van der Waals surface area contributed by atoms with Crippen LogP contribution >= 0.6 is 0 Å². The van der Waals surface area contributed by atoms with E-state index in [0.717, 1.165) is 24.2 Å². The van der Waals surface area contributed by atoms with Gasteiger partial charge in [0.05, 0.1) is 0 Å². The zero-order valence-electron chi connectivity index (χ0n) is 23.9. The Labute approximate surface area is 220 Å². The second kappa shape index (κ2) is 20.9. The minimum absolute atomic E-state index is 0.0156. The summed E-state index contributed by atoms with van der Waals surface area (Å²) in [5, 5.41) is 2.83. The van der Waals surface area contributed by atoms with E-state index in [0.29, 0.717) is 5.92 Å². The van der Waals surface area contributed by atoms with Gasteiger partial charge in [-0.15, -0.1) is 0 Å². The fraction of sp³-hybridized carbons (Fsp3) is 0.375. The van der Waals surface area contributed by atoms with E-state index >= 15 is 0 Å². The average Bonchev–Trinajstić information content (AvgIpc) is 2.93. The summed E-state index contributed by atoms with van der Waals surface area (Å²) >= 11 is 0.